The van der Waals surface area contributed by atoms with Gasteiger partial charge in [0.1, 0.15) is 0 Å². The summed E-state index contributed by atoms with van der Waals surface area (Å²) in [5.41, 5.74) is 1.30. The van der Waals surface area contributed by atoms with E-state index in [1.54, 1.807) is 0 Å². The van der Waals surface area contributed by atoms with Crippen molar-refractivity contribution in [2.75, 3.05) is 26.2 Å². The Bertz CT molecular complexity index is 396. The van der Waals surface area contributed by atoms with Crippen molar-refractivity contribution in [1.29, 1.82) is 0 Å². The van der Waals surface area contributed by atoms with Crippen LogP contribution in [0.3, 0.4) is 0 Å². The summed E-state index contributed by atoms with van der Waals surface area (Å²) >= 11 is 0. The van der Waals surface area contributed by atoms with Crippen LogP contribution in [-0.4, -0.2) is 46.9 Å². The molecule has 1 saturated heterocycles. The van der Waals surface area contributed by atoms with E-state index >= 15 is 0 Å². The number of piperidine rings is 1. The van der Waals surface area contributed by atoms with E-state index in [0.717, 1.165) is 32.6 Å². The first-order valence-electron chi connectivity index (χ1n) is 6.64. The summed E-state index contributed by atoms with van der Waals surface area (Å²) in [6.45, 7) is 4.07. The molecule has 1 aromatic rings. The Kier molecular flexibility index (Phi) is 4.80. The highest BCUT2D eigenvalue weighted by atomic mass is 15.2. The van der Waals surface area contributed by atoms with Crippen molar-refractivity contribution >= 4 is 0 Å². The van der Waals surface area contributed by atoms with Crippen LogP contribution in [-0.2, 0) is 13.5 Å². The van der Waals surface area contributed by atoms with Crippen molar-refractivity contribution in [2.45, 2.75) is 25.3 Å². The van der Waals surface area contributed by atoms with Gasteiger partial charge in [-0.05, 0) is 31.4 Å². The van der Waals surface area contributed by atoms with Gasteiger partial charge in [0, 0.05) is 32.4 Å². The number of likely N-dealkylation sites (tertiary alicyclic amines) is 1. The normalized spacial score (nSPS) is 17.8. The van der Waals surface area contributed by atoms with Crippen molar-refractivity contribution in [2.24, 2.45) is 7.05 Å². The van der Waals surface area contributed by atoms with Crippen LogP contribution >= 0.6 is 0 Å². The summed E-state index contributed by atoms with van der Waals surface area (Å²) in [5.74, 6) is 2.72. The highest BCUT2D eigenvalue weighted by Gasteiger charge is 2.17. The van der Waals surface area contributed by atoms with Crippen LogP contribution in [0, 0.1) is 12.3 Å². The molecule has 1 aliphatic rings. The molecule has 0 aromatic carbocycles. The molecule has 0 amide bonds. The maximum Gasteiger partial charge on any atom is 0.0598 e. The number of nitrogens with zero attached hydrogens (tertiary/aromatic N) is 3. The third-order valence-corrected chi connectivity index (χ3v) is 3.51. The highest BCUT2D eigenvalue weighted by molar-refractivity contribution is 5.04. The molecular weight excluding hydrogens is 224 g/mol. The summed E-state index contributed by atoms with van der Waals surface area (Å²) in [6, 6.07) is 0.649. The number of terminal acetylenes is 1. The van der Waals surface area contributed by atoms with Gasteiger partial charge in [-0.15, -0.1) is 6.42 Å². The summed E-state index contributed by atoms with van der Waals surface area (Å²) in [4.78, 5) is 2.35. The second-order valence-electron chi connectivity index (χ2n) is 4.98. The zero-order chi connectivity index (χ0) is 12.8. The molecule has 0 spiro atoms. The Labute approximate surface area is 109 Å². The first-order chi connectivity index (χ1) is 8.78. The van der Waals surface area contributed by atoms with Gasteiger partial charge in [-0.1, -0.05) is 5.92 Å². The molecular formula is C14H22N4. The average molecular weight is 246 g/mol. The van der Waals surface area contributed by atoms with E-state index in [2.05, 4.69) is 27.4 Å². The Morgan fingerprint density at radius 1 is 1.50 bits per heavy atom. The van der Waals surface area contributed by atoms with Gasteiger partial charge in [-0.25, -0.2) is 0 Å². The van der Waals surface area contributed by atoms with Crippen LogP contribution in [0.25, 0.3) is 0 Å². The molecule has 4 nitrogen and oxygen atoms in total. The number of rotatable bonds is 5. The third-order valence-electron chi connectivity index (χ3n) is 3.51. The van der Waals surface area contributed by atoms with Crippen molar-refractivity contribution in [3.63, 3.8) is 0 Å². The molecule has 0 aliphatic carbocycles. The molecule has 4 heteroatoms. The van der Waals surface area contributed by atoms with Crippen molar-refractivity contribution in [1.82, 2.24) is 20.0 Å². The molecule has 0 atom stereocenters. The van der Waals surface area contributed by atoms with E-state index < -0.39 is 0 Å². The second-order valence-corrected chi connectivity index (χ2v) is 4.98. The zero-order valence-corrected chi connectivity index (χ0v) is 11.1. The predicted molar refractivity (Wildman–Crippen MR) is 73.2 cm³/mol. The van der Waals surface area contributed by atoms with Gasteiger partial charge in [0.15, 0.2) is 0 Å². The van der Waals surface area contributed by atoms with Gasteiger partial charge in [-0.3, -0.25) is 9.58 Å². The zero-order valence-electron chi connectivity index (χ0n) is 11.1. The SMILES string of the molecule is C#CCN1CCC(NCCc2cnn(C)c2)CC1. The number of nitrogens with one attached hydrogen (secondary N) is 1. The van der Waals surface area contributed by atoms with Gasteiger partial charge in [-0.2, -0.15) is 5.10 Å². The summed E-state index contributed by atoms with van der Waals surface area (Å²) in [6.07, 6.45) is 12.8. The van der Waals surface area contributed by atoms with Crippen LogP contribution in [0.15, 0.2) is 12.4 Å². The Morgan fingerprint density at radius 3 is 2.89 bits per heavy atom. The second kappa shape index (κ2) is 6.58. The van der Waals surface area contributed by atoms with E-state index in [4.69, 9.17) is 6.42 Å². The number of hydrogen-bond acceptors (Lipinski definition) is 3. The molecule has 1 aromatic heterocycles. The Balaban J connectivity index is 1.62. The van der Waals surface area contributed by atoms with Crippen molar-refractivity contribution in [3.05, 3.63) is 18.0 Å². The van der Waals surface area contributed by atoms with Gasteiger partial charge in [0.2, 0.25) is 0 Å². The number of aromatic nitrogens is 2. The lowest BCUT2D eigenvalue weighted by molar-refractivity contribution is 0.218. The largest absolute Gasteiger partial charge is 0.314 e. The van der Waals surface area contributed by atoms with Gasteiger partial charge < -0.3 is 5.32 Å². The van der Waals surface area contributed by atoms with E-state index in [9.17, 15) is 0 Å². The molecule has 1 aliphatic heterocycles. The van der Waals surface area contributed by atoms with E-state index in [1.807, 2.05) is 17.9 Å². The molecule has 0 saturated carbocycles. The van der Waals surface area contributed by atoms with Gasteiger partial charge in [0.25, 0.3) is 0 Å². The van der Waals surface area contributed by atoms with Crippen LogP contribution in [0.2, 0.25) is 0 Å². The quantitative estimate of drug-likeness (QED) is 0.774. The van der Waals surface area contributed by atoms with Crippen molar-refractivity contribution in [3.8, 4) is 12.3 Å². The standard InChI is InChI=1S/C14H22N4/c1-3-8-18-9-5-14(6-10-18)15-7-4-13-11-16-17(2)12-13/h1,11-12,14-15H,4-10H2,2H3. The minimum absolute atomic E-state index is 0.649. The maximum absolute atomic E-state index is 5.33. The Hall–Kier alpha value is -1.31. The minimum Gasteiger partial charge on any atom is -0.314 e. The lowest BCUT2D eigenvalue weighted by atomic mass is 10.0. The van der Waals surface area contributed by atoms with Crippen molar-refractivity contribution < 1.29 is 0 Å². The molecule has 2 rings (SSSR count). The first-order valence-corrected chi connectivity index (χ1v) is 6.64. The lowest BCUT2D eigenvalue weighted by Crippen LogP contribution is -2.43. The fraction of sp³-hybridized carbons (Fsp3) is 0.643. The maximum atomic E-state index is 5.33. The summed E-state index contributed by atoms with van der Waals surface area (Å²) in [7, 11) is 1.96. The summed E-state index contributed by atoms with van der Waals surface area (Å²) < 4.78 is 1.85. The first kappa shape index (κ1) is 13.1. The van der Waals surface area contributed by atoms with Crippen LogP contribution in [0.4, 0.5) is 0 Å². The average Bonchev–Trinajstić information content (AvgIpc) is 2.78. The fourth-order valence-electron chi connectivity index (χ4n) is 2.45. The molecule has 1 N–H and O–H groups in total. The molecule has 0 bridgehead atoms. The van der Waals surface area contributed by atoms with Crippen LogP contribution in [0.1, 0.15) is 18.4 Å². The van der Waals surface area contributed by atoms with Crippen LogP contribution < -0.4 is 5.32 Å². The molecule has 0 unspecified atom stereocenters. The number of aryl methyl sites for hydroxylation is 1. The molecule has 18 heavy (non-hydrogen) atoms. The molecule has 0 radical (unpaired) electrons. The number of hydrogen-bond donors (Lipinski definition) is 1. The molecule has 2 heterocycles. The van der Waals surface area contributed by atoms with E-state index in [0.29, 0.717) is 6.04 Å². The predicted octanol–water partition coefficient (Wildman–Crippen LogP) is 0.650. The smallest absolute Gasteiger partial charge is 0.0598 e. The molecule has 98 valence electrons. The van der Waals surface area contributed by atoms with Crippen LogP contribution in [0.5, 0.6) is 0 Å². The van der Waals surface area contributed by atoms with Gasteiger partial charge in [0.05, 0.1) is 12.7 Å². The van der Waals surface area contributed by atoms with Gasteiger partial charge >= 0.3 is 0 Å². The topological polar surface area (TPSA) is 33.1 Å². The van der Waals surface area contributed by atoms with E-state index in [-0.39, 0.29) is 0 Å². The summed E-state index contributed by atoms with van der Waals surface area (Å²) in [5, 5.41) is 7.80. The highest BCUT2D eigenvalue weighted by Crippen LogP contribution is 2.09. The third kappa shape index (κ3) is 3.86. The molecule has 1 fully saturated rings. The Morgan fingerprint density at radius 2 is 2.28 bits per heavy atom. The van der Waals surface area contributed by atoms with E-state index in [1.165, 1.54) is 18.4 Å². The fourth-order valence-corrected chi connectivity index (χ4v) is 2.45. The minimum atomic E-state index is 0.649. The lowest BCUT2D eigenvalue weighted by Gasteiger charge is -2.31. The monoisotopic (exact) mass is 246 g/mol.